The highest BCUT2D eigenvalue weighted by Gasteiger charge is 2.39. The standard InChI is InChI=1S/C17H27N3O/c1-5-9-17(10-6-11-18-17)16(21)19-15-8-7-14(20(3)4)12-13(15)2/h7-8,12,18H,5-6,9-11H2,1-4H3,(H,19,21). The number of nitrogens with zero attached hydrogens (tertiary/aromatic N) is 1. The van der Waals surface area contributed by atoms with Crippen molar-refractivity contribution in [3.8, 4) is 0 Å². The summed E-state index contributed by atoms with van der Waals surface area (Å²) in [6.45, 7) is 5.11. The Balaban J connectivity index is 2.15. The van der Waals surface area contributed by atoms with Crippen LogP contribution in [0.3, 0.4) is 0 Å². The molecule has 1 heterocycles. The van der Waals surface area contributed by atoms with E-state index in [9.17, 15) is 4.79 Å². The van der Waals surface area contributed by atoms with Crippen molar-refractivity contribution in [2.24, 2.45) is 0 Å². The Kier molecular flexibility index (Phi) is 4.88. The Hall–Kier alpha value is -1.55. The second-order valence-electron chi connectivity index (χ2n) is 6.21. The molecule has 1 aliphatic heterocycles. The molecule has 0 aromatic heterocycles. The molecule has 1 unspecified atom stereocenters. The van der Waals surface area contributed by atoms with E-state index < -0.39 is 0 Å². The summed E-state index contributed by atoms with van der Waals surface area (Å²) in [5, 5.41) is 6.54. The zero-order valence-corrected chi connectivity index (χ0v) is 13.6. The number of anilines is 2. The van der Waals surface area contributed by atoms with Crippen LogP contribution in [0.4, 0.5) is 11.4 Å². The van der Waals surface area contributed by atoms with Gasteiger partial charge in [-0.05, 0) is 56.5 Å². The average Bonchev–Trinajstić information content (AvgIpc) is 2.91. The van der Waals surface area contributed by atoms with E-state index in [4.69, 9.17) is 0 Å². The van der Waals surface area contributed by atoms with Crippen LogP contribution in [-0.4, -0.2) is 32.1 Å². The Morgan fingerprint density at radius 1 is 1.43 bits per heavy atom. The maximum atomic E-state index is 12.7. The first-order chi connectivity index (χ1) is 9.98. The number of carbonyl (C=O) groups is 1. The number of benzene rings is 1. The highest BCUT2D eigenvalue weighted by molar-refractivity contribution is 5.99. The molecule has 1 aromatic carbocycles. The van der Waals surface area contributed by atoms with Crippen LogP contribution >= 0.6 is 0 Å². The van der Waals surface area contributed by atoms with Crippen molar-refractivity contribution >= 4 is 17.3 Å². The normalized spacial score (nSPS) is 21.3. The van der Waals surface area contributed by atoms with Gasteiger partial charge in [-0.3, -0.25) is 4.79 Å². The summed E-state index contributed by atoms with van der Waals surface area (Å²) in [6, 6.07) is 6.14. The quantitative estimate of drug-likeness (QED) is 0.876. The molecule has 1 atom stereocenters. The molecule has 116 valence electrons. The van der Waals surface area contributed by atoms with E-state index in [0.717, 1.165) is 49.2 Å². The molecule has 0 bridgehead atoms. The lowest BCUT2D eigenvalue weighted by molar-refractivity contribution is -0.122. The van der Waals surface area contributed by atoms with Crippen LogP contribution in [0.1, 0.15) is 38.2 Å². The smallest absolute Gasteiger partial charge is 0.244 e. The lowest BCUT2D eigenvalue weighted by Crippen LogP contribution is -2.50. The van der Waals surface area contributed by atoms with Crippen LogP contribution in [0.25, 0.3) is 0 Å². The molecule has 1 saturated heterocycles. The lowest BCUT2D eigenvalue weighted by atomic mass is 9.90. The summed E-state index contributed by atoms with van der Waals surface area (Å²) >= 11 is 0. The summed E-state index contributed by atoms with van der Waals surface area (Å²) in [4.78, 5) is 14.8. The van der Waals surface area contributed by atoms with E-state index in [2.05, 4.69) is 28.5 Å². The summed E-state index contributed by atoms with van der Waals surface area (Å²) in [5.41, 5.74) is 2.78. The maximum absolute atomic E-state index is 12.7. The van der Waals surface area contributed by atoms with Gasteiger partial charge < -0.3 is 15.5 Å². The Labute approximate surface area is 127 Å². The fourth-order valence-corrected chi connectivity index (χ4v) is 3.06. The zero-order chi connectivity index (χ0) is 15.5. The van der Waals surface area contributed by atoms with Crippen molar-refractivity contribution < 1.29 is 4.79 Å². The van der Waals surface area contributed by atoms with Crippen LogP contribution in [0.15, 0.2) is 18.2 Å². The van der Waals surface area contributed by atoms with Gasteiger partial charge in [0.05, 0.1) is 5.54 Å². The van der Waals surface area contributed by atoms with Crippen LogP contribution in [0, 0.1) is 6.92 Å². The van der Waals surface area contributed by atoms with E-state index in [1.807, 2.05) is 33.2 Å². The van der Waals surface area contributed by atoms with Gasteiger partial charge in [0.25, 0.3) is 0 Å². The fourth-order valence-electron chi connectivity index (χ4n) is 3.06. The molecule has 4 heteroatoms. The zero-order valence-electron chi connectivity index (χ0n) is 13.6. The van der Waals surface area contributed by atoms with Gasteiger partial charge in [-0.15, -0.1) is 0 Å². The molecule has 1 amide bonds. The van der Waals surface area contributed by atoms with Crippen molar-refractivity contribution in [3.05, 3.63) is 23.8 Å². The van der Waals surface area contributed by atoms with Crippen molar-refractivity contribution in [2.75, 3.05) is 30.9 Å². The molecule has 4 nitrogen and oxygen atoms in total. The number of aryl methyl sites for hydroxylation is 1. The molecule has 2 rings (SSSR count). The molecule has 1 aliphatic rings. The second kappa shape index (κ2) is 6.48. The number of amides is 1. The molecular weight excluding hydrogens is 262 g/mol. The SMILES string of the molecule is CCCC1(C(=O)Nc2ccc(N(C)C)cc2C)CCCN1. The molecule has 0 aliphatic carbocycles. The van der Waals surface area contributed by atoms with Crippen molar-refractivity contribution in [3.63, 3.8) is 0 Å². The molecule has 1 aromatic rings. The highest BCUT2D eigenvalue weighted by Crippen LogP contribution is 2.28. The largest absolute Gasteiger partial charge is 0.378 e. The van der Waals surface area contributed by atoms with Crippen LogP contribution < -0.4 is 15.5 Å². The average molecular weight is 289 g/mol. The Bertz CT molecular complexity index is 505. The molecule has 0 radical (unpaired) electrons. The van der Waals surface area contributed by atoms with Gasteiger partial charge in [0.15, 0.2) is 0 Å². The predicted molar refractivity (Wildman–Crippen MR) is 89.0 cm³/mol. The Morgan fingerprint density at radius 2 is 2.19 bits per heavy atom. The van der Waals surface area contributed by atoms with Gasteiger partial charge in [-0.1, -0.05) is 13.3 Å². The second-order valence-corrected chi connectivity index (χ2v) is 6.21. The van der Waals surface area contributed by atoms with Gasteiger partial charge in [0.1, 0.15) is 0 Å². The number of hydrogen-bond acceptors (Lipinski definition) is 3. The van der Waals surface area contributed by atoms with Gasteiger partial charge >= 0.3 is 0 Å². The molecule has 2 N–H and O–H groups in total. The third-order valence-corrected chi connectivity index (χ3v) is 4.33. The minimum atomic E-state index is -0.374. The molecular formula is C17H27N3O. The van der Waals surface area contributed by atoms with Gasteiger partial charge in [-0.25, -0.2) is 0 Å². The highest BCUT2D eigenvalue weighted by atomic mass is 16.2. The predicted octanol–water partition coefficient (Wildman–Crippen LogP) is 2.92. The van der Waals surface area contributed by atoms with Gasteiger partial charge in [0.2, 0.25) is 5.91 Å². The summed E-state index contributed by atoms with van der Waals surface area (Å²) in [6.07, 6.45) is 3.92. The van der Waals surface area contributed by atoms with Crippen molar-refractivity contribution in [1.29, 1.82) is 0 Å². The van der Waals surface area contributed by atoms with Crippen LogP contribution in [-0.2, 0) is 4.79 Å². The van der Waals surface area contributed by atoms with E-state index >= 15 is 0 Å². The first-order valence-corrected chi connectivity index (χ1v) is 7.83. The minimum Gasteiger partial charge on any atom is -0.378 e. The molecule has 0 saturated carbocycles. The van der Waals surface area contributed by atoms with Gasteiger partial charge in [0, 0.05) is 25.5 Å². The lowest BCUT2D eigenvalue weighted by Gasteiger charge is -2.28. The third kappa shape index (κ3) is 3.38. The van der Waals surface area contributed by atoms with E-state index in [1.54, 1.807) is 0 Å². The topological polar surface area (TPSA) is 44.4 Å². The summed E-state index contributed by atoms with van der Waals surface area (Å²) in [7, 11) is 4.04. The Morgan fingerprint density at radius 3 is 2.71 bits per heavy atom. The fraction of sp³-hybridized carbons (Fsp3) is 0.588. The number of hydrogen-bond donors (Lipinski definition) is 2. The third-order valence-electron chi connectivity index (χ3n) is 4.33. The summed E-state index contributed by atoms with van der Waals surface area (Å²) in [5.74, 6) is 0.113. The van der Waals surface area contributed by atoms with Crippen LogP contribution in [0.5, 0.6) is 0 Å². The summed E-state index contributed by atoms with van der Waals surface area (Å²) < 4.78 is 0. The first kappa shape index (κ1) is 15.8. The molecule has 1 fully saturated rings. The molecule has 0 spiro atoms. The van der Waals surface area contributed by atoms with Crippen molar-refractivity contribution in [1.82, 2.24) is 5.32 Å². The number of carbonyl (C=O) groups excluding carboxylic acids is 1. The monoisotopic (exact) mass is 289 g/mol. The van der Waals surface area contributed by atoms with Crippen LogP contribution in [0.2, 0.25) is 0 Å². The number of nitrogens with one attached hydrogen (secondary N) is 2. The minimum absolute atomic E-state index is 0.113. The van der Waals surface area contributed by atoms with E-state index in [0.29, 0.717) is 0 Å². The van der Waals surface area contributed by atoms with E-state index in [1.165, 1.54) is 0 Å². The van der Waals surface area contributed by atoms with Gasteiger partial charge in [-0.2, -0.15) is 0 Å². The first-order valence-electron chi connectivity index (χ1n) is 7.83. The van der Waals surface area contributed by atoms with E-state index in [-0.39, 0.29) is 11.4 Å². The molecule has 21 heavy (non-hydrogen) atoms. The van der Waals surface area contributed by atoms with Crippen molar-refractivity contribution in [2.45, 2.75) is 45.1 Å². The maximum Gasteiger partial charge on any atom is 0.244 e. The number of rotatable bonds is 5.